The van der Waals surface area contributed by atoms with Gasteiger partial charge in [-0.1, -0.05) is 24.8 Å². The minimum atomic E-state index is -0.570. The Bertz CT molecular complexity index is 407. The largest absolute Gasteiger partial charge is 0.443 e. The SMILES string of the molecule is C=C/C=C/CCCC1CCCN(C(=O)OC(C)(C)C)C1=O. The van der Waals surface area contributed by atoms with Gasteiger partial charge in [0, 0.05) is 12.5 Å². The summed E-state index contributed by atoms with van der Waals surface area (Å²) in [6.45, 7) is 9.52. The van der Waals surface area contributed by atoms with Crippen molar-refractivity contribution in [3.8, 4) is 0 Å². The standard InChI is InChI=1S/C17H27NO3/c1-5-6-7-8-9-11-14-12-10-13-18(15(14)19)16(20)21-17(2,3)4/h5-7,14H,1,8-13H2,2-4H3/b7-6+. The zero-order valence-corrected chi connectivity index (χ0v) is 13.4. The molecule has 0 aliphatic carbocycles. The average molecular weight is 293 g/mol. The van der Waals surface area contributed by atoms with Crippen LogP contribution in [0.3, 0.4) is 0 Å². The quantitative estimate of drug-likeness (QED) is 0.567. The monoisotopic (exact) mass is 293 g/mol. The van der Waals surface area contributed by atoms with E-state index in [1.165, 1.54) is 4.90 Å². The normalized spacial score (nSPS) is 19.9. The summed E-state index contributed by atoms with van der Waals surface area (Å²) in [7, 11) is 0. The number of carbonyl (C=O) groups is 2. The van der Waals surface area contributed by atoms with Crippen molar-refractivity contribution in [2.24, 2.45) is 5.92 Å². The molecule has 0 saturated carbocycles. The number of imide groups is 1. The van der Waals surface area contributed by atoms with E-state index in [1.54, 1.807) is 6.08 Å². The second kappa shape index (κ2) is 8.01. The summed E-state index contributed by atoms with van der Waals surface area (Å²) in [5, 5.41) is 0. The van der Waals surface area contributed by atoms with E-state index in [2.05, 4.69) is 6.58 Å². The molecule has 1 heterocycles. The van der Waals surface area contributed by atoms with Crippen molar-refractivity contribution >= 4 is 12.0 Å². The van der Waals surface area contributed by atoms with Crippen molar-refractivity contribution in [3.05, 3.63) is 24.8 Å². The first kappa shape index (κ1) is 17.5. The van der Waals surface area contributed by atoms with Gasteiger partial charge >= 0.3 is 6.09 Å². The Hall–Kier alpha value is -1.58. The number of hydrogen-bond acceptors (Lipinski definition) is 3. The number of allylic oxidation sites excluding steroid dienone is 3. The number of nitrogens with zero attached hydrogens (tertiary/aromatic N) is 1. The second-order valence-electron chi connectivity index (χ2n) is 6.40. The first-order chi connectivity index (χ1) is 9.85. The van der Waals surface area contributed by atoms with E-state index in [1.807, 2.05) is 32.9 Å². The molecule has 0 bridgehead atoms. The molecule has 1 aliphatic rings. The summed E-state index contributed by atoms with van der Waals surface area (Å²) in [6, 6.07) is 0. The summed E-state index contributed by atoms with van der Waals surface area (Å²) in [5.41, 5.74) is -0.570. The van der Waals surface area contributed by atoms with Crippen molar-refractivity contribution in [2.75, 3.05) is 6.54 Å². The number of carbonyl (C=O) groups excluding carboxylic acids is 2. The van der Waals surface area contributed by atoms with Crippen LogP contribution in [-0.4, -0.2) is 29.0 Å². The van der Waals surface area contributed by atoms with Crippen LogP contribution in [0.1, 0.15) is 52.9 Å². The van der Waals surface area contributed by atoms with E-state index in [4.69, 9.17) is 4.74 Å². The third-order valence-electron chi connectivity index (χ3n) is 3.36. The summed E-state index contributed by atoms with van der Waals surface area (Å²) in [5.74, 6) is -0.133. The van der Waals surface area contributed by atoms with Crippen LogP contribution in [-0.2, 0) is 9.53 Å². The molecule has 0 spiro atoms. The Morgan fingerprint density at radius 2 is 2.19 bits per heavy atom. The highest BCUT2D eigenvalue weighted by Crippen LogP contribution is 2.24. The van der Waals surface area contributed by atoms with E-state index in [-0.39, 0.29) is 11.8 Å². The van der Waals surface area contributed by atoms with Gasteiger partial charge in [0.05, 0.1) is 0 Å². The van der Waals surface area contributed by atoms with Crippen LogP contribution in [0.2, 0.25) is 0 Å². The lowest BCUT2D eigenvalue weighted by atomic mass is 9.92. The van der Waals surface area contributed by atoms with Crippen LogP contribution >= 0.6 is 0 Å². The molecule has 1 aliphatic heterocycles. The Morgan fingerprint density at radius 1 is 1.48 bits per heavy atom. The van der Waals surface area contributed by atoms with Crippen molar-refractivity contribution < 1.29 is 14.3 Å². The second-order valence-corrected chi connectivity index (χ2v) is 6.40. The van der Waals surface area contributed by atoms with E-state index >= 15 is 0 Å². The van der Waals surface area contributed by atoms with Gasteiger partial charge in [-0.2, -0.15) is 0 Å². The molecule has 1 unspecified atom stereocenters. The highest BCUT2D eigenvalue weighted by atomic mass is 16.6. The van der Waals surface area contributed by atoms with E-state index in [0.717, 1.165) is 32.1 Å². The Balaban J connectivity index is 2.50. The number of rotatable bonds is 5. The predicted octanol–water partition coefficient (Wildman–Crippen LogP) is 4.07. The minimum Gasteiger partial charge on any atom is -0.443 e. The van der Waals surface area contributed by atoms with Crippen LogP contribution in [0.4, 0.5) is 4.79 Å². The molecule has 0 radical (unpaired) electrons. The maximum atomic E-state index is 12.4. The molecule has 0 aromatic heterocycles. The highest BCUT2D eigenvalue weighted by Gasteiger charge is 2.34. The molecule has 0 aromatic rings. The number of ether oxygens (including phenoxy) is 1. The van der Waals surface area contributed by atoms with Crippen LogP contribution in [0.25, 0.3) is 0 Å². The third kappa shape index (κ3) is 6.15. The molecule has 118 valence electrons. The van der Waals surface area contributed by atoms with Gasteiger partial charge in [0.15, 0.2) is 0 Å². The fourth-order valence-electron chi connectivity index (χ4n) is 2.39. The van der Waals surface area contributed by atoms with Crippen LogP contribution in [0.15, 0.2) is 24.8 Å². The molecule has 1 atom stereocenters. The van der Waals surface area contributed by atoms with Gasteiger partial charge in [0.25, 0.3) is 0 Å². The summed E-state index contributed by atoms with van der Waals surface area (Å²) in [4.78, 5) is 25.7. The maximum absolute atomic E-state index is 12.4. The van der Waals surface area contributed by atoms with Crippen molar-refractivity contribution in [2.45, 2.75) is 58.5 Å². The Morgan fingerprint density at radius 3 is 2.81 bits per heavy atom. The molecule has 0 N–H and O–H groups in total. The molecule has 21 heavy (non-hydrogen) atoms. The number of likely N-dealkylation sites (tertiary alicyclic amines) is 1. The summed E-state index contributed by atoms with van der Waals surface area (Å²) >= 11 is 0. The topological polar surface area (TPSA) is 46.6 Å². The van der Waals surface area contributed by atoms with Gasteiger partial charge < -0.3 is 4.74 Å². The number of piperidine rings is 1. The molecular weight excluding hydrogens is 266 g/mol. The molecule has 1 saturated heterocycles. The molecule has 4 heteroatoms. The first-order valence-corrected chi connectivity index (χ1v) is 7.67. The van der Waals surface area contributed by atoms with Gasteiger partial charge in [0.1, 0.15) is 5.60 Å². The maximum Gasteiger partial charge on any atom is 0.417 e. The summed E-state index contributed by atoms with van der Waals surface area (Å²) in [6.07, 6.45) is 9.62. The summed E-state index contributed by atoms with van der Waals surface area (Å²) < 4.78 is 5.30. The van der Waals surface area contributed by atoms with E-state index < -0.39 is 11.7 Å². The van der Waals surface area contributed by atoms with Gasteiger partial charge in [-0.25, -0.2) is 9.69 Å². The minimum absolute atomic E-state index is 0.0524. The van der Waals surface area contributed by atoms with Gasteiger partial charge in [-0.3, -0.25) is 4.79 Å². The molecule has 1 fully saturated rings. The lowest BCUT2D eigenvalue weighted by Gasteiger charge is -2.32. The smallest absolute Gasteiger partial charge is 0.417 e. The lowest BCUT2D eigenvalue weighted by Crippen LogP contribution is -2.47. The Kier molecular flexibility index (Phi) is 6.66. The molecule has 4 nitrogen and oxygen atoms in total. The first-order valence-electron chi connectivity index (χ1n) is 7.67. The van der Waals surface area contributed by atoms with Crippen molar-refractivity contribution in [1.82, 2.24) is 4.90 Å². The predicted molar refractivity (Wildman–Crippen MR) is 83.9 cm³/mol. The number of amides is 2. The third-order valence-corrected chi connectivity index (χ3v) is 3.36. The van der Waals surface area contributed by atoms with E-state index in [0.29, 0.717) is 6.54 Å². The van der Waals surface area contributed by atoms with Crippen molar-refractivity contribution in [3.63, 3.8) is 0 Å². The zero-order chi connectivity index (χ0) is 15.9. The average Bonchev–Trinajstić information content (AvgIpc) is 2.38. The van der Waals surface area contributed by atoms with Gasteiger partial charge in [-0.15, -0.1) is 0 Å². The molecule has 1 rings (SSSR count). The van der Waals surface area contributed by atoms with Gasteiger partial charge in [-0.05, 0) is 52.9 Å². The number of unbranched alkanes of at least 4 members (excludes halogenated alkanes) is 1. The lowest BCUT2D eigenvalue weighted by molar-refractivity contribution is -0.137. The molecule has 2 amide bonds. The fourth-order valence-corrected chi connectivity index (χ4v) is 2.39. The van der Waals surface area contributed by atoms with Crippen molar-refractivity contribution in [1.29, 1.82) is 0 Å². The van der Waals surface area contributed by atoms with E-state index in [9.17, 15) is 9.59 Å². The fraction of sp³-hybridized carbons (Fsp3) is 0.647. The van der Waals surface area contributed by atoms with Crippen LogP contribution < -0.4 is 0 Å². The molecule has 0 aromatic carbocycles. The zero-order valence-electron chi connectivity index (χ0n) is 13.4. The highest BCUT2D eigenvalue weighted by molar-refractivity contribution is 5.93. The molecular formula is C17H27NO3. The van der Waals surface area contributed by atoms with Gasteiger partial charge in [0.2, 0.25) is 5.91 Å². The number of hydrogen-bond donors (Lipinski definition) is 0. The van der Waals surface area contributed by atoms with Crippen LogP contribution in [0.5, 0.6) is 0 Å². The van der Waals surface area contributed by atoms with Crippen LogP contribution in [0, 0.1) is 5.92 Å². The Labute approximate surface area is 127 Å².